The number of hydrogen-bond donors (Lipinski definition) is 0. The fourth-order valence-corrected chi connectivity index (χ4v) is 4.32. The molecule has 0 aliphatic heterocycles. The van der Waals surface area contributed by atoms with Gasteiger partial charge in [0.2, 0.25) is 0 Å². The molecular weight excluding hydrogens is 599 g/mol. The predicted octanol–water partition coefficient (Wildman–Crippen LogP) is 5.17. The van der Waals surface area contributed by atoms with E-state index in [-0.39, 0.29) is 51.0 Å². The molecule has 0 fully saturated rings. The summed E-state index contributed by atoms with van der Waals surface area (Å²) in [6.07, 6.45) is 5.54. The van der Waals surface area contributed by atoms with Crippen LogP contribution in [0, 0.1) is 13.8 Å². The zero-order valence-electron chi connectivity index (χ0n) is 25.2. The molecular formula is C34H49Cl2SiZr. The second kappa shape index (κ2) is 23.1. The van der Waals surface area contributed by atoms with Crippen molar-refractivity contribution in [2.75, 3.05) is 0 Å². The topological polar surface area (TPSA) is 0 Å². The van der Waals surface area contributed by atoms with Crippen molar-refractivity contribution in [1.82, 2.24) is 0 Å². The van der Waals surface area contributed by atoms with Gasteiger partial charge in [0.05, 0.1) is 0 Å². The van der Waals surface area contributed by atoms with Gasteiger partial charge >= 0.3 is 26.2 Å². The van der Waals surface area contributed by atoms with Crippen molar-refractivity contribution < 1.29 is 51.0 Å². The number of unbranched alkanes of at least 4 members (excludes halogenated alkanes) is 3. The van der Waals surface area contributed by atoms with Crippen molar-refractivity contribution in [2.24, 2.45) is 0 Å². The molecule has 4 heteroatoms. The van der Waals surface area contributed by atoms with E-state index in [0.29, 0.717) is 11.8 Å². The molecule has 0 saturated carbocycles. The first-order valence-electron chi connectivity index (χ1n) is 13.7. The Morgan fingerprint density at radius 3 is 1.24 bits per heavy atom. The summed E-state index contributed by atoms with van der Waals surface area (Å²) in [6, 6.07) is 23.3. The summed E-state index contributed by atoms with van der Waals surface area (Å²) in [5.74, 6) is 1.23. The van der Waals surface area contributed by atoms with Crippen LogP contribution in [0.5, 0.6) is 0 Å². The number of hydrogen-bond acceptors (Lipinski definition) is 0. The summed E-state index contributed by atoms with van der Waals surface area (Å²) in [5, 5.41) is 5.61. The molecule has 0 N–H and O–H groups in total. The molecule has 0 atom stereocenters. The maximum Gasteiger partial charge on any atom is 4.00 e. The third kappa shape index (κ3) is 14.1. The number of aryl methyl sites for hydroxylation is 2. The van der Waals surface area contributed by atoms with Crippen molar-refractivity contribution in [3.63, 3.8) is 0 Å². The molecule has 4 aromatic rings. The van der Waals surface area contributed by atoms with Gasteiger partial charge in [-0.25, -0.2) is 0 Å². The van der Waals surface area contributed by atoms with Crippen molar-refractivity contribution in [2.45, 2.75) is 106 Å². The molecule has 0 aliphatic rings. The Morgan fingerprint density at radius 1 is 0.658 bits per heavy atom. The summed E-state index contributed by atoms with van der Waals surface area (Å²) in [4.78, 5) is 0. The van der Waals surface area contributed by atoms with Crippen LogP contribution in [-0.4, -0.2) is 10.2 Å². The fraction of sp³-hybridized carbons (Fsp3) is 0.471. The first-order valence-corrected chi connectivity index (χ1v) is 14.4. The van der Waals surface area contributed by atoms with Crippen LogP contribution in [0.1, 0.15) is 108 Å². The summed E-state index contributed by atoms with van der Waals surface area (Å²) in [7, 11) is 3.18. The molecule has 4 rings (SSSR count). The minimum Gasteiger partial charge on any atom is -1.00 e. The molecule has 0 aromatic heterocycles. The second-order valence-corrected chi connectivity index (χ2v) is 10.8. The first kappa shape index (κ1) is 41.8. The van der Waals surface area contributed by atoms with Crippen LogP contribution in [0.4, 0.5) is 0 Å². The largest absolute Gasteiger partial charge is 4.00 e. The van der Waals surface area contributed by atoms with E-state index in [0.717, 1.165) is 6.04 Å². The van der Waals surface area contributed by atoms with Gasteiger partial charge in [-0.2, -0.15) is 12.1 Å². The maximum absolute atomic E-state index is 3.18. The molecule has 0 nitrogen and oxygen atoms in total. The van der Waals surface area contributed by atoms with Crippen LogP contribution in [0.15, 0.2) is 60.7 Å². The molecule has 38 heavy (non-hydrogen) atoms. The Kier molecular flexibility index (Phi) is 25.4. The van der Waals surface area contributed by atoms with E-state index in [1.807, 2.05) is 6.92 Å². The Morgan fingerprint density at radius 2 is 0.974 bits per heavy atom. The molecule has 0 heterocycles. The van der Waals surface area contributed by atoms with Crippen LogP contribution >= 0.6 is 0 Å². The first-order chi connectivity index (χ1) is 16.7. The van der Waals surface area contributed by atoms with Gasteiger partial charge in [0.1, 0.15) is 0 Å². The van der Waals surface area contributed by atoms with Gasteiger partial charge in [-0.1, -0.05) is 117 Å². The second-order valence-electron chi connectivity index (χ2n) is 10.1. The van der Waals surface area contributed by atoms with E-state index >= 15 is 0 Å². The molecule has 0 amide bonds. The van der Waals surface area contributed by atoms with Gasteiger partial charge in [-0.3, -0.25) is 0 Å². The van der Waals surface area contributed by atoms with Crippen LogP contribution in [0.2, 0.25) is 6.04 Å². The van der Waals surface area contributed by atoms with Crippen LogP contribution < -0.4 is 24.8 Å². The third-order valence-corrected chi connectivity index (χ3v) is 6.06. The Balaban J connectivity index is -0.000000467. The molecule has 0 unspecified atom stereocenters. The van der Waals surface area contributed by atoms with Gasteiger partial charge in [-0.05, 0) is 11.8 Å². The summed E-state index contributed by atoms with van der Waals surface area (Å²) in [5.41, 5.74) is 5.66. The number of benzene rings is 2. The average molecular weight is 648 g/mol. The smallest absolute Gasteiger partial charge is 1.00 e. The van der Waals surface area contributed by atoms with Crippen molar-refractivity contribution in [3.8, 4) is 0 Å². The number of rotatable bonds is 5. The summed E-state index contributed by atoms with van der Waals surface area (Å²) < 4.78 is 0. The SMILES string of the molecule is CCCCCC.CC[Si].Cc1cc2c(C(C)C)cccc2[cH-]1.Cc1cc2c(C(C)C)cccc2[cH-]1.[Cl-].[Cl-].[Zr+4]. The average Bonchev–Trinajstić information content (AvgIpc) is 3.38. The van der Waals surface area contributed by atoms with Gasteiger partial charge in [0, 0.05) is 10.2 Å². The number of halogens is 2. The minimum absolute atomic E-state index is 0. The molecule has 4 aromatic carbocycles. The van der Waals surface area contributed by atoms with Gasteiger partial charge in [0.25, 0.3) is 0 Å². The molecule has 3 radical (unpaired) electrons. The summed E-state index contributed by atoms with van der Waals surface area (Å²) >= 11 is 0. The van der Waals surface area contributed by atoms with E-state index in [9.17, 15) is 0 Å². The normalized spacial score (nSPS) is 9.68. The molecule has 0 aliphatic carbocycles. The Hall–Kier alpha value is -0.660. The maximum atomic E-state index is 3.18. The van der Waals surface area contributed by atoms with Crippen LogP contribution in [0.3, 0.4) is 0 Å². The van der Waals surface area contributed by atoms with E-state index in [1.165, 1.54) is 69.5 Å². The van der Waals surface area contributed by atoms with Gasteiger partial charge in [-0.15, -0.1) is 69.1 Å². The monoisotopic (exact) mass is 645 g/mol. The fourth-order valence-electron chi connectivity index (χ4n) is 4.32. The molecule has 0 spiro atoms. The minimum atomic E-state index is 0. The van der Waals surface area contributed by atoms with E-state index in [4.69, 9.17) is 0 Å². The van der Waals surface area contributed by atoms with E-state index in [1.54, 1.807) is 0 Å². The molecule has 0 bridgehead atoms. The van der Waals surface area contributed by atoms with Crippen molar-refractivity contribution >= 4 is 31.8 Å². The van der Waals surface area contributed by atoms with Gasteiger partial charge in [0.15, 0.2) is 0 Å². The van der Waals surface area contributed by atoms with Crippen LogP contribution in [0.25, 0.3) is 21.5 Å². The summed E-state index contributed by atoms with van der Waals surface area (Å²) in [6.45, 7) is 19.8. The molecule has 0 saturated heterocycles. The van der Waals surface area contributed by atoms with Crippen molar-refractivity contribution in [1.29, 1.82) is 0 Å². The Bertz CT molecular complexity index is 1020. The van der Waals surface area contributed by atoms with E-state index < -0.39 is 0 Å². The Labute approximate surface area is 269 Å². The third-order valence-electron chi connectivity index (χ3n) is 6.06. The zero-order chi connectivity index (χ0) is 26.4. The number of fused-ring (bicyclic) bond motifs is 2. The standard InChI is InChI=1S/2C13H15.C6H14.C2H5Si.2ClH.Zr/c2*1-9(2)12-6-4-5-11-7-10(3)8-13(11)12;1-3-5-6-4-2;1-2-3;;;/h2*4-9H,1-3H3;3-6H2,1-2H3;2H2,1H3;2*1H;/q2*-1;;;;;+4/p-2. The quantitative estimate of drug-likeness (QED) is 0.160. The van der Waals surface area contributed by atoms with Crippen molar-refractivity contribution in [3.05, 3.63) is 82.9 Å². The van der Waals surface area contributed by atoms with Gasteiger partial charge < -0.3 is 24.8 Å². The predicted molar refractivity (Wildman–Crippen MR) is 163 cm³/mol. The molecule has 207 valence electrons. The van der Waals surface area contributed by atoms with Crippen LogP contribution in [-0.2, 0) is 26.2 Å². The zero-order valence-corrected chi connectivity index (χ0v) is 30.2. The van der Waals surface area contributed by atoms with E-state index in [2.05, 4.69) is 126 Å².